The largest absolute Gasteiger partial charge is 0.240 e. The van der Waals surface area contributed by atoms with E-state index in [0.29, 0.717) is 0 Å². The lowest BCUT2D eigenvalue weighted by Crippen LogP contribution is -1.78. The molecule has 66 valence electrons. The van der Waals surface area contributed by atoms with E-state index in [0.717, 1.165) is 19.5 Å². The van der Waals surface area contributed by atoms with Crippen molar-refractivity contribution < 1.29 is 0 Å². The van der Waals surface area contributed by atoms with Crippen LogP contribution in [0.5, 0.6) is 0 Å². The van der Waals surface area contributed by atoms with Gasteiger partial charge < -0.3 is 0 Å². The number of nitrogens with zero attached hydrogens (tertiary/aromatic N) is 1. The van der Waals surface area contributed by atoms with E-state index in [1.807, 2.05) is 30.3 Å². The van der Waals surface area contributed by atoms with Crippen LogP contribution in [0.2, 0.25) is 4.34 Å². The molecule has 0 bridgehead atoms. The Hall–Kier alpha value is -0.380. The first kappa shape index (κ1) is 9.19. The second-order valence-electron chi connectivity index (χ2n) is 2.45. The number of hydrogen-bond donors (Lipinski definition) is 0. The normalized spacial score (nSPS) is 10.3. The second kappa shape index (κ2) is 3.78. The number of halogens is 2. The molecule has 0 aliphatic heterocycles. The lowest BCUT2D eigenvalue weighted by Gasteiger charge is -1.95. The Morgan fingerprint density at radius 1 is 1.23 bits per heavy atom. The molecule has 13 heavy (non-hydrogen) atoms. The molecule has 2 aromatic rings. The molecule has 0 aliphatic rings. The lowest BCUT2D eigenvalue weighted by atomic mass is 10.3. The standard InChI is InChI=1S/C9H5BrClNS/c10-8-3-1-2-6(12-8)7-4-5-9(11)13-7/h1-5H. The Labute approximate surface area is 93.5 Å². The van der Waals surface area contributed by atoms with Crippen LogP contribution in [0.4, 0.5) is 0 Å². The Kier molecular flexibility index (Phi) is 2.67. The van der Waals surface area contributed by atoms with Gasteiger partial charge in [-0.05, 0) is 40.2 Å². The SMILES string of the molecule is Clc1ccc(-c2cccc(Br)n2)s1. The van der Waals surface area contributed by atoms with E-state index < -0.39 is 0 Å². The van der Waals surface area contributed by atoms with Gasteiger partial charge in [0, 0.05) is 0 Å². The highest BCUT2D eigenvalue weighted by Crippen LogP contribution is 2.30. The van der Waals surface area contributed by atoms with Crippen molar-refractivity contribution in [3.63, 3.8) is 0 Å². The molecular weight excluding hydrogens is 270 g/mol. The van der Waals surface area contributed by atoms with Crippen molar-refractivity contribution in [1.29, 1.82) is 0 Å². The first-order chi connectivity index (χ1) is 6.25. The Morgan fingerprint density at radius 3 is 2.69 bits per heavy atom. The first-order valence-corrected chi connectivity index (χ1v) is 5.63. The third-order valence-electron chi connectivity index (χ3n) is 1.54. The Balaban J connectivity index is 2.46. The maximum absolute atomic E-state index is 5.83. The van der Waals surface area contributed by atoms with Gasteiger partial charge in [0.2, 0.25) is 0 Å². The number of rotatable bonds is 1. The Bertz CT molecular complexity index is 427. The molecule has 0 N–H and O–H groups in total. The summed E-state index contributed by atoms with van der Waals surface area (Å²) < 4.78 is 1.63. The molecule has 0 radical (unpaired) electrons. The van der Waals surface area contributed by atoms with Gasteiger partial charge in [0.1, 0.15) is 4.60 Å². The van der Waals surface area contributed by atoms with Crippen LogP contribution in [-0.4, -0.2) is 4.98 Å². The monoisotopic (exact) mass is 273 g/mol. The van der Waals surface area contributed by atoms with E-state index in [1.54, 1.807) is 0 Å². The second-order valence-corrected chi connectivity index (χ2v) is 4.98. The van der Waals surface area contributed by atoms with E-state index in [2.05, 4.69) is 20.9 Å². The van der Waals surface area contributed by atoms with E-state index in [4.69, 9.17) is 11.6 Å². The molecule has 2 heterocycles. The summed E-state index contributed by atoms with van der Waals surface area (Å²) in [6.45, 7) is 0. The molecule has 4 heteroatoms. The lowest BCUT2D eigenvalue weighted by molar-refractivity contribution is 1.29. The van der Waals surface area contributed by atoms with Crippen LogP contribution in [0.25, 0.3) is 10.6 Å². The summed E-state index contributed by atoms with van der Waals surface area (Å²) in [5.74, 6) is 0. The van der Waals surface area contributed by atoms with E-state index in [9.17, 15) is 0 Å². The third-order valence-corrected chi connectivity index (χ3v) is 3.24. The van der Waals surface area contributed by atoms with Crippen molar-refractivity contribution in [3.05, 3.63) is 39.3 Å². The molecule has 0 aliphatic carbocycles. The van der Waals surface area contributed by atoms with Gasteiger partial charge in [-0.15, -0.1) is 11.3 Å². The van der Waals surface area contributed by atoms with Crippen LogP contribution in [0.15, 0.2) is 34.9 Å². The fraction of sp³-hybridized carbons (Fsp3) is 0. The summed E-state index contributed by atoms with van der Waals surface area (Å²) in [6, 6.07) is 9.68. The zero-order valence-corrected chi connectivity index (χ0v) is 9.66. The van der Waals surface area contributed by atoms with E-state index in [-0.39, 0.29) is 0 Å². The first-order valence-electron chi connectivity index (χ1n) is 3.64. The predicted molar refractivity (Wildman–Crippen MR) is 60.3 cm³/mol. The quantitative estimate of drug-likeness (QED) is 0.709. The zero-order chi connectivity index (χ0) is 9.26. The smallest absolute Gasteiger partial charge is 0.106 e. The van der Waals surface area contributed by atoms with E-state index in [1.165, 1.54) is 11.3 Å². The van der Waals surface area contributed by atoms with Crippen molar-refractivity contribution in [3.8, 4) is 10.6 Å². The average molecular weight is 275 g/mol. The summed E-state index contributed by atoms with van der Waals surface area (Å²) in [4.78, 5) is 5.41. The van der Waals surface area contributed by atoms with Crippen LogP contribution in [0, 0.1) is 0 Å². The van der Waals surface area contributed by atoms with Gasteiger partial charge in [-0.2, -0.15) is 0 Å². The van der Waals surface area contributed by atoms with Gasteiger partial charge in [-0.3, -0.25) is 0 Å². The molecule has 0 unspecified atom stereocenters. The summed E-state index contributed by atoms with van der Waals surface area (Å²) in [7, 11) is 0. The van der Waals surface area contributed by atoms with Gasteiger partial charge >= 0.3 is 0 Å². The minimum Gasteiger partial charge on any atom is -0.240 e. The van der Waals surface area contributed by atoms with Crippen LogP contribution in [-0.2, 0) is 0 Å². The van der Waals surface area contributed by atoms with Gasteiger partial charge in [0.05, 0.1) is 14.9 Å². The van der Waals surface area contributed by atoms with Gasteiger partial charge in [0.15, 0.2) is 0 Å². The molecule has 0 aromatic carbocycles. The molecule has 0 atom stereocenters. The summed E-state index contributed by atoms with van der Waals surface area (Å²) >= 11 is 10.7. The van der Waals surface area contributed by atoms with Crippen LogP contribution < -0.4 is 0 Å². The average Bonchev–Trinajstić information content (AvgIpc) is 2.52. The number of thiophene rings is 1. The fourth-order valence-electron chi connectivity index (χ4n) is 0.997. The van der Waals surface area contributed by atoms with Crippen molar-refractivity contribution in [2.45, 2.75) is 0 Å². The number of aromatic nitrogens is 1. The highest BCUT2D eigenvalue weighted by molar-refractivity contribution is 9.10. The van der Waals surface area contributed by atoms with Crippen LogP contribution in [0.1, 0.15) is 0 Å². The fourth-order valence-corrected chi connectivity index (χ4v) is 2.35. The molecule has 0 amide bonds. The predicted octanol–water partition coefficient (Wildman–Crippen LogP) is 4.23. The summed E-state index contributed by atoms with van der Waals surface area (Å²) in [6.07, 6.45) is 0. The number of pyridine rings is 1. The zero-order valence-electron chi connectivity index (χ0n) is 6.50. The minimum absolute atomic E-state index is 0.789. The maximum atomic E-state index is 5.83. The maximum Gasteiger partial charge on any atom is 0.106 e. The van der Waals surface area contributed by atoms with Crippen LogP contribution in [0.3, 0.4) is 0 Å². The van der Waals surface area contributed by atoms with Gasteiger partial charge in [0.25, 0.3) is 0 Å². The highest BCUT2D eigenvalue weighted by atomic mass is 79.9. The van der Waals surface area contributed by atoms with Crippen LogP contribution >= 0.6 is 38.9 Å². The molecular formula is C9H5BrClNS. The minimum atomic E-state index is 0.789. The third kappa shape index (κ3) is 2.10. The topological polar surface area (TPSA) is 12.9 Å². The van der Waals surface area contributed by atoms with E-state index >= 15 is 0 Å². The molecule has 0 saturated heterocycles. The molecule has 2 aromatic heterocycles. The number of hydrogen-bond acceptors (Lipinski definition) is 2. The summed E-state index contributed by atoms with van der Waals surface area (Å²) in [5.41, 5.74) is 0.950. The van der Waals surface area contributed by atoms with Gasteiger partial charge in [-0.1, -0.05) is 17.7 Å². The highest BCUT2D eigenvalue weighted by Gasteiger charge is 2.02. The van der Waals surface area contributed by atoms with Crippen molar-refractivity contribution >= 4 is 38.9 Å². The van der Waals surface area contributed by atoms with Gasteiger partial charge in [-0.25, -0.2) is 4.98 Å². The van der Waals surface area contributed by atoms with Crippen molar-refractivity contribution in [1.82, 2.24) is 4.98 Å². The molecule has 0 spiro atoms. The molecule has 0 fully saturated rings. The molecule has 2 rings (SSSR count). The molecule has 1 nitrogen and oxygen atoms in total. The Morgan fingerprint density at radius 2 is 2.08 bits per heavy atom. The van der Waals surface area contributed by atoms with Crippen molar-refractivity contribution in [2.75, 3.05) is 0 Å². The molecule has 0 saturated carbocycles. The summed E-state index contributed by atoms with van der Waals surface area (Å²) in [5, 5.41) is 0. The van der Waals surface area contributed by atoms with Crippen molar-refractivity contribution in [2.24, 2.45) is 0 Å².